The molecule has 0 fully saturated rings. The molecule has 0 bridgehead atoms. The highest BCUT2D eigenvalue weighted by Crippen LogP contribution is 2.19. The van der Waals surface area contributed by atoms with Crippen LogP contribution in [-0.4, -0.2) is 17.6 Å². The fourth-order valence-corrected chi connectivity index (χ4v) is 2.73. The van der Waals surface area contributed by atoms with E-state index < -0.39 is 0 Å². The number of benzene rings is 2. The van der Waals surface area contributed by atoms with Gasteiger partial charge in [-0.05, 0) is 55.3 Å². The Morgan fingerprint density at radius 2 is 1.74 bits per heavy atom. The van der Waals surface area contributed by atoms with Crippen molar-refractivity contribution in [3.8, 4) is 0 Å². The highest BCUT2D eigenvalue weighted by Gasteiger charge is 2.11. The van der Waals surface area contributed by atoms with Gasteiger partial charge in [0.2, 0.25) is 5.91 Å². The molecule has 2 amide bonds. The molecule has 0 aliphatic rings. The molecule has 23 heavy (non-hydrogen) atoms. The summed E-state index contributed by atoms with van der Waals surface area (Å²) in [6, 6.07) is 12.7. The summed E-state index contributed by atoms with van der Waals surface area (Å²) in [5, 5.41) is 0.652. The van der Waals surface area contributed by atoms with Crippen LogP contribution in [0.5, 0.6) is 0 Å². The van der Waals surface area contributed by atoms with Crippen molar-refractivity contribution in [2.75, 3.05) is 5.75 Å². The maximum absolute atomic E-state index is 12.1. The van der Waals surface area contributed by atoms with Crippen LogP contribution in [0.2, 0.25) is 5.02 Å². The van der Waals surface area contributed by atoms with Crippen molar-refractivity contribution in [2.45, 2.75) is 18.7 Å². The molecule has 2 N–H and O–H groups in total. The molecule has 0 aliphatic carbocycles. The van der Waals surface area contributed by atoms with Crippen LogP contribution in [0.25, 0.3) is 0 Å². The number of hydrazine groups is 1. The molecule has 2 aromatic carbocycles. The molecule has 0 aliphatic heterocycles. The molecule has 2 aromatic rings. The molecule has 4 nitrogen and oxygen atoms in total. The molecule has 0 spiro atoms. The van der Waals surface area contributed by atoms with Crippen molar-refractivity contribution in [3.05, 3.63) is 64.2 Å². The minimum Gasteiger partial charge on any atom is -0.272 e. The molecule has 0 radical (unpaired) electrons. The topological polar surface area (TPSA) is 58.2 Å². The fourth-order valence-electron chi connectivity index (χ4n) is 1.91. The number of hydrogen-bond acceptors (Lipinski definition) is 3. The smallest absolute Gasteiger partial charge is 0.269 e. The fraction of sp³-hybridized carbons (Fsp3) is 0.176. The van der Waals surface area contributed by atoms with Crippen LogP contribution in [0.3, 0.4) is 0 Å². The number of thioether (sulfide) groups is 1. The van der Waals surface area contributed by atoms with E-state index in [1.54, 1.807) is 18.2 Å². The summed E-state index contributed by atoms with van der Waals surface area (Å²) in [6.45, 7) is 3.82. The van der Waals surface area contributed by atoms with Gasteiger partial charge in [0.1, 0.15) is 0 Å². The number of halogens is 1. The van der Waals surface area contributed by atoms with Gasteiger partial charge < -0.3 is 0 Å². The van der Waals surface area contributed by atoms with Crippen molar-refractivity contribution in [3.63, 3.8) is 0 Å². The Morgan fingerprint density at radius 3 is 2.43 bits per heavy atom. The molecule has 0 saturated carbocycles. The summed E-state index contributed by atoms with van der Waals surface area (Å²) in [6.07, 6.45) is 0. The van der Waals surface area contributed by atoms with Gasteiger partial charge >= 0.3 is 0 Å². The predicted octanol–water partition coefficient (Wildman–Crippen LogP) is 3.51. The van der Waals surface area contributed by atoms with Gasteiger partial charge in [0.15, 0.2) is 0 Å². The van der Waals surface area contributed by atoms with E-state index in [0.717, 1.165) is 16.0 Å². The van der Waals surface area contributed by atoms with Crippen LogP contribution >= 0.6 is 23.4 Å². The van der Waals surface area contributed by atoms with Gasteiger partial charge in [-0.1, -0.05) is 23.7 Å². The molecule has 120 valence electrons. The van der Waals surface area contributed by atoms with Gasteiger partial charge in [-0.2, -0.15) is 0 Å². The van der Waals surface area contributed by atoms with Crippen molar-refractivity contribution in [1.29, 1.82) is 0 Å². The average Bonchev–Trinajstić information content (AvgIpc) is 2.54. The second kappa shape index (κ2) is 8.04. The summed E-state index contributed by atoms with van der Waals surface area (Å²) >= 11 is 7.17. The Morgan fingerprint density at radius 1 is 1.04 bits per heavy atom. The molecule has 0 unspecified atom stereocenters. The summed E-state index contributed by atoms with van der Waals surface area (Å²) in [7, 11) is 0. The zero-order valence-corrected chi connectivity index (χ0v) is 14.4. The lowest BCUT2D eigenvalue weighted by Gasteiger charge is -2.10. The molecule has 0 atom stereocenters. The minimum atomic E-state index is -0.323. The molecule has 0 saturated heterocycles. The van der Waals surface area contributed by atoms with Crippen LogP contribution in [0, 0.1) is 13.8 Å². The largest absolute Gasteiger partial charge is 0.272 e. The average molecular weight is 349 g/mol. The number of carbonyl (C=O) groups excluding carboxylic acids is 2. The first-order chi connectivity index (χ1) is 11.0. The molecule has 2 rings (SSSR count). The van der Waals surface area contributed by atoms with Gasteiger partial charge in [0.25, 0.3) is 5.91 Å². The number of aryl methyl sites for hydroxylation is 1. The SMILES string of the molecule is Cc1cccc(C(=O)NNC(=O)CSc2ccc(Cl)cc2)c1C. The van der Waals surface area contributed by atoms with Crippen LogP contribution in [0.1, 0.15) is 21.5 Å². The monoisotopic (exact) mass is 348 g/mol. The second-order valence-corrected chi connectivity index (χ2v) is 6.48. The van der Waals surface area contributed by atoms with Crippen molar-refractivity contribution in [2.24, 2.45) is 0 Å². The van der Waals surface area contributed by atoms with Gasteiger partial charge in [-0.3, -0.25) is 20.4 Å². The summed E-state index contributed by atoms with van der Waals surface area (Å²) < 4.78 is 0. The lowest BCUT2D eigenvalue weighted by atomic mass is 10.0. The van der Waals surface area contributed by atoms with Gasteiger partial charge in [0, 0.05) is 15.5 Å². The van der Waals surface area contributed by atoms with E-state index in [1.165, 1.54) is 11.8 Å². The maximum Gasteiger partial charge on any atom is 0.269 e. The first-order valence-corrected chi connectivity index (χ1v) is 8.37. The Balaban J connectivity index is 1.83. The third-order valence-corrected chi connectivity index (χ3v) is 4.61. The maximum atomic E-state index is 12.1. The molecule has 0 aromatic heterocycles. The van der Waals surface area contributed by atoms with E-state index in [0.29, 0.717) is 10.6 Å². The molecular weight excluding hydrogens is 332 g/mol. The van der Waals surface area contributed by atoms with Gasteiger partial charge in [-0.15, -0.1) is 11.8 Å². The van der Waals surface area contributed by atoms with Crippen molar-refractivity contribution >= 4 is 35.2 Å². The first-order valence-electron chi connectivity index (χ1n) is 7.01. The predicted molar refractivity (Wildman–Crippen MR) is 93.7 cm³/mol. The third-order valence-electron chi connectivity index (χ3n) is 3.35. The zero-order chi connectivity index (χ0) is 16.8. The number of rotatable bonds is 4. The quantitative estimate of drug-likeness (QED) is 0.656. The molecule has 0 heterocycles. The normalized spacial score (nSPS) is 10.2. The Hall–Kier alpha value is -1.98. The van der Waals surface area contributed by atoms with Crippen LogP contribution in [0.15, 0.2) is 47.4 Å². The van der Waals surface area contributed by atoms with Crippen LogP contribution in [0.4, 0.5) is 0 Å². The lowest BCUT2D eigenvalue weighted by Crippen LogP contribution is -2.42. The van der Waals surface area contributed by atoms with E-state index in [1.807, 2.05) is 38.1 Å². The highest BCUT2D eigenvalue weighted by atomic mass is 35.5. The van der Waals surface area contributed by atoms with Crippen molar-refractivity contribution < 1.29 is 9.59 Å². The third kappa shape index (κ3) is 5.01. The van der Waals surface area contributed by atoms with Crippen LogP contribution in [-0.2, 0) is 4.79 Å². The summed E-state index contributed by atoms with van der Waals surface area (Å²) in [5.74, 6) is -0.394. The van der Waals surface area contributed by atoms with Gasteiger partial charge in [0.05, 0.1) is 5.75 Å². The Kier molecular flexibility index (Phi) is 6.07. The Labute approximate surface area is 144 Å². The second-order valence-electron chi connectivity index (χ2n) is 4.99. The standard InChI is InChI=1S/C17H17ClN2O2S/c1-11-4-3-5-15(12(11)2)17(22)20-19-16(21)10-23-14-8-6-13(18)7-9-14/h3-9H,10H2,1-2H3,(H,19,21)(H,20,22). The van der Waals surface area contributed by atoms with E-state index >= 15 is 0 Å². The van der Waals surface area contributed by atoms with Crippen molar-refractivity contribution in [1.82, 2.24) is 10.9 Å². The van der Waals surface area contributed by atoms with E-state index in [4.69, 9.17) is 11.6 Å². The van der Waals surface area contributed by atoms with E-state index in [9.17, 15) is 9.59 Å². The van der Waals surface area contributed by atoms with E-state index in [-0.39, 0.29) is 17.6 Å². The van der Waals surface area contributed by atoms with Gasteiger partial charge in [-0.25, -0.2) is 0 Å². The molecular formula is C17H17ClN2O2S. The lowest BCUT2D eigenvalue weighted by molar-refractivity contribution is -0.119. The Bertz CT molecular complexity index is 717. The first kappa shape index (κ1) is 17.4. The molecule has 6 heteroatoms. The number of amides is 2. The number of carbonyl (C=O) groups is 2. The number of nitrogens with one attached hydrogen (secondary N) is 2. The van der Waals surface area contributed by atoms with E-state index in [2.05, 4.69) is 10.9 Å². The van der Waals surface area contributed by atoms with Crippen LogP contribution < -0.4 is 10.9 Å². The summed E-state index contributed by atoms with van der Waals surface area (Å²) in [5.41, 5.74) is 7.34. The number of hydrogen-bond donors (Lipinski definition) is 2. The summed E-state index contributed by atoms with van der Waals surface area (Å²) in [4.78, 5) is 24.8. The zero-order valence-electron chi connectivity index (χ0n) is 12.9. The minimum absolute atomic E-state index is 0.203. The highest BCUT2D eigenvalue weighted by molar-refractivity contribution is 8.00.